The topological polar surface area (TPSA) is 0 Å². The molecule has 0 spiro atoms. The summed E-state index contributed by atoms with van der Waals surface area (Å²) in [5.41, 5.74) is 4.10. The Balaban J connectivity index is 0. The third kappa shape index (κ3) is 12.7. The molecule has 0 heterocycles. The van der Waals surface area contributed by atoms with Crippen LogP contribution in [0.4, 0.5) is 0 Å². The van der Waals surface area contributed by atoms with Gasteiger partial charge in [0.05, 0.1) is 0 Å². The van der Waals surface area contributed by atoms with Gasteiger partial charge >= 0.3 is 0 Å². The Labute approximate surface area is 141 Å². The Morgan fingerprint density at radius 3 is 2.05 bits per heavy atom. The van der Waals surface area contributed by atoms with Crippen LogP contribution in [0, 0.1) is 5.92 Å². The predicted molar refractivity (Wildman–Crippen MR) is 105 cm³/mol. The van der Waals surface area contributed by atoms with Crippen molar-refractivity contribution in [3.05, 3.63) is 48.1 Å². The van der Waals surface area contributed by atoms with Crippen molar-refractivity contribution in [1.29, 1.82) is 0 Å². The Kier molecular flexibility index (Phi) is 17.2. The van der Waals surface area contributed by atoms with Crippen LogP contribution >= 0.6 is 0 Å². The average Bonchev–Trinajstić information content (AvgIpc) is 2.51. The quantitative estimate of drug-likeness (QED) is 0.283. The summed E-state index contributed by atoms with van der Waals surface area (Å²) in [6.45, 7) is 20.8. The Morgan fingerprint density at radius 2 is 1.68 bits per heavy atom. The fourth-order valence-corrected chi connectivity index (χ4v) is 2.39. The number of unbranched alkanes of at least 4 members (excludes halogenated alkanes) is 2. The van der Waals surface area contributed by atoms with Gasteiger partial charge in [0.25, 0.3) is 0 Å². The van der Waals surface area contributed by atoms with Crippen LogP contribution in [0.15, 0.2) is 48.1 Å². The van der Waals surface area contributed by atoms with Gasteiger partial charge in [-0.1, -0.05) is 95.1 Å². The van der Waals surface area contributed by atoms with E-state index in [0.29, 0.717) is 0 Å². The summed E-state index contributed by atoms with van der Waals surface area (Å²) in [5.74, 6) is 0.790. The normalized spacial score (nSPS) is 13.2. The van der Waals surface area contributed by atoms with Crippen LogP contribution in [-0.4, -0.2) is 0 Å². The van der Waals surface area contributed by atoms with Crippen molar-refractivity contribution in [2.75, 3.05) is 0 Å². The lowest BCUT2D eigenvalue weighted by Gasteiger charge is -2.16. The van der Waals surface area contributed by atoms with Gasteiger partial charge in [0, 0.05) is 0 Å². The Bertz CT molecular complexity index is 341. The van der Waals surface area contributed by atoms with Crippen LogP contribution in [-0.2, 0) is 0 Å². The maximum Gasteiger partial charge on any atom is -0.0203 e. The molecule has 22 heavy (non-hydrogen) atoms. The van der Waals surface area contributed by atoms with Crippen LogP contribution in [0.5, 0.6) is 0 Å². The Morgan fingerprint density at radius 1 is 1.05 bits per heavy atom. The van der Waals surface area contributed by atoms with Crippen LogP contribution < -0.4 is 0 Å². The lowest BCUT2D eigenvalue weighted by molar-refractivity contribution is 0.522. The number of hydrogen-bond acceptors (Lipinski definition) is 0. The molecule has 0 aliphatic heterocycles. The van der Waals surface area contributed by atoms with Crippen LogP contribution in [0.2, 0.25) is 0 Å². The average molecular weight is 305 g/mol. The van der Waals surface area contributed by atoms with E-state index < -0.39 is 0 Å². The van der Waals surface area contributed by atoms with Gasteiger partial charge in [-0.15, -0.1) is 0 Å². The molecule has 128 valence electrons. The maximum atomic E-state index is 3.87. The molecule has 0 nitrogen and oxygen atoms in total. The first kappa shape index (κ1) is 23.2. The largest absolute Gasteiger partial charge is 0.0991 e. The fraction of sp³-hybridized carbons (Fsp3) is 0.636. The van der Waals surface area contributed by atoms with E-state index in [2.05, 4.69) is 66.9 Å². The van der Waals surface area contributed by atoms with Crippen molar-refractivity contribution in [3.8, 4) is 0 Å². The molecule has 0 aromatic rings. The zero-order chi connectivity index (χ0) is 17.4. The van der Waals surface area contributed by atoms with Gasteiger partial charge in [-0.05, 0) is 45.4 Å². The van der Waals surface area contributed by atoms with E-state index >= 15 is 0 Å². The standard InChI is InChI=1S/C12H22.C10H18/c1-5-9-11(7-3)12(8-4)10-6-2;1-5-6-7-8-10(4)9(2)3/h5,9,12H,1,6-8,10H2,2-4H3;8H,2,5-7H2,1,3-4H3/b11-9+;10-8+. The summed E-state index contributed by atoms with van der Waals surface area (Å²) in [6, 6.07) is 0. The minimum Gasteiger partial charge on any atom is -0.0991 e. The second kappa shape index (κ2) is 16.3. The zero-order valence-electron chi connectivity index (χ0n) is 16.2. The summed E-state index contributed by atoms with van der Waals surface area (Å²) in [5, 5.41) is 0. The van der Waals surface area contributed by atoms with E-state index in [9.17, 15) is 0 Å². The maximum absolute atomic E-state index is 3.87. The molecule has 0 aliphatic rings. The predicted octanol–water partition coefficient (Wildman–Crippen LogP) is 8.03. The summed E-state index contributed by atoms with van der Waals surface area (Å²) in [6.07, 6.45) is 15.2. The number of allylic oxidation sites excluding steroid dienone is 6. The van der Waals surface area contributed by atoms with Crippen LogP contribution in [0.3, 0.4) is 0 Å². The van der Waals surface area contributed by atoms with Crippen molar-refractivity contribution in [2.24, 2.45) is 5.92 Å². The highest BCUT2D eigenvalue weighted by atomic mass is 14.1. The van der Waals surface area contributed by atoms with Crippen LogP contribution in [0.1, 0.15) is 86.5 Å². The van der Waals surface area contributed by atoms with Gasteiger partial charge < -0.3 is 0 Å². The van der Waals surface area contributed by atoms with E-state index in [1.54, 1.807) is 5.57 Å². The highest BCUT2D eigenvalue weighted by Gasteiger charge is 2.08. The molecule has 0 aromatic carbocycles. The highest BCUT2D eigenvalue weighted by molar-refractivity contribution is 5.23. The van der Waals surface area contributed by atoms with E-state index in [-0.39, 0.29) is 0 Å². The van der Waals surface area contributed by atoms with Crippen molar-refractivity contribution in [2.45, 2.75) is 86.5 Å². The monoisotopic (exact) mass is 304 g/mol. The summed E-state index contributed by atoms with van der Waals surface area (Å²) < 4.78 is 0. The highest BCUT2D eigenvalue weighted by Crippen LogP contribution is 2.23. The van der Waals surface area contributed by atoms with Crippen molar-refractivity contribution < 1.29 is 0 Å². The van der Waals surface area contributed by atoms with E-state index in [0.717, 1.165) is 5.92 Å². The van der Waals surface area contributed by atoms with Gasteiger partial charge in [-0.3, -0.25) is 0 Å². The van der Waals surface area contributed by atoms with Gasteiger partial charge in [0.2, 0.25) is 0 Å². The van der Waals surface area contributed by atoms with E-state index in [1.165, 1.54) is 56.1 Å². The number of rotatable bonds is 10. The molecule has 1 unspecified atom stereocenters. The molecule has 0 amide bonds. The smallest absolute Gasteiger partial charge is 0.0203 e. The minimum absolute atomic E-state index is 0.790. The van der Waals surface area contributed by atoms with E-state index in [1.807, 2.05) is 6.08 Å². The fourth-order valence-electron chi connectivity index (χ4n) is 2.39. The lowest BCUT2D eigenvalue weighted by Crippen LogP contribution is -2.01. The first-order chi connectivity index (χ1) is 10.5. The van der Waals surface area contributed by atoms with Gasteiger partial charge in [-0.25, -0.2) is 0 Å². The second-order valence-electron chi connectivity index (χ2n) is 6.03. The minimum atomic E-state index is 0.790. The molecular weight excluding hydrogens is 264 g/mol. The molecule has 0 saturated carbocycles. The van der Waals surface area contributed by atoms with Crippen molar-refractivity contribution in [1.82, 2.24) is 0 Å². The third-order valence-corrected chi connectivity index (χ3v) is 4.08. The van der Waals surface area contributed by atoms with E-state index in [4.69, 9.17) is 0 Å². The molecule has 0 saturated heterocycles. The first-order valence-corrected chi connectivity index (χ1v) is 9.12. The number of hydrogen-bond donors (Lipinski definition) is 0. The van der Waals surface area contributed by atoms with Gasteiger partial charge in [0.15, 0.2) is 0 Å². The molecule has 0 N–H and O–H groups in total. The second-order valence-corrected chi connectivity index (χ2v) is 6.03. The Hall–Kier alpha value is -1.04. The zero-order valence-corrected chi connectivity index (χ0v) is 16.2. The first-order valence-electron chi connectivity index (χ1n) is 9.12. The van der Waals surface area contributed by atoms with Crippen molar-refractivity contribution in [3.63, 3.8) is 0 Å². The van der Waals surface area contributed by atoms with Crippen molar-refractivity contribution >= 4 is 0 Å². The summed E-state index contributed by atoms with van der Waals surface area (Å²) in [7, 11) is 0. The molecule has 0 rings (SSSR count). The van der Waals surface area contributed by atoms with Gasteiger partial charge in [-0.2, -0.15) is 0 Å². The lowest BCUT2D eigenvalue weighted by atomic mass is 9.90. The third-order valence-electron chi connectivity index (χ3n) is 4.08. The molecule has 0 aromatic heterocycles. The SMILES string of the molecule is C=C(C)/C(C)=C/CCCC.C=C/C=C(\CC)C(CC)CCC. The molecule has 0 aliphatic carbocycles. The molecule has 1 atom stereocenters. The van der Waals surface area contributed by atoms with Gasteiger partial charge in [0.1, 0.15) is 0 Å². The molecule has 0 fully saturated rings. The molecule has 0 bridgehead atoms. The molecule has 0 heteroatoms. The summed E-state index contributed by atoms with van der Waals surface area (Å²) in [4.78, 5) is 0. The summed E-state index contributed by atoms with van der Waals surface area (Å²) >= 11 is 0. The molecule has 0 radical (unpaired) electrons. The van der Waals surface area contributed by atoms with Crippen LogP contribution in [0.25, 0.3) is 0 Å². The molecular formula is C22H40.